The molecule has 23 heavy (non-hydrogen) atoms. The molecule has 2 aromatic rings. The Morgan fingerprint density at radius 1 is 1.22 bits per heavy atom. The number of ketones is 1. The number of hydrogen-bond acceptors (Lipinski definition) is 4. The number of benzene rings is 2. The lowest BCUT2D eigenvalue weighted by atomic mass is 10.1. The molecule has 1 aliphatic rings. The van der Waals surface area contributed by atoms with Crippen molar-refractivity contribution in [3.63, 3.8) is 0 Å². The van der Waals surface area contributed by atoms with Crippen molar-refractivity contribution in [2.45, 2.75) is 0 Å². The number of carbonyl (C=O) groups excluding carboxylic acids is 1. The highest BCUT2D eigenvalue weighted by Gasteiger charge is 2.17. The molecular weight excluding hydrogens is 360 g/mol. The summed E-state index contributed by atoms with van der Waals surface area (Å²) in [6.45, 7) is 1.00. The second-order valence-corrected chi connectivity index (χ2v) is 5.87. The van der Waals surface area contributed by atoms with Crippen LogP contribution < -0.4 is 14.2 Å². The van der Waals surface area contributed by atoms with Gasteiger partial charge in [0.1, 0.15) is 13.2 Å². The average molecular weight is 375 g/mol. The zero-order chi connectivity index (χ0) is 16.2. The maximum atomic E-state index is 12.2. The number of hydrogen-bond donors (Lipinski definition) is 0. The summed E-state index contributed by atoms with van der Waals surface area (Å²) in [6, 6.07) is 10.9. The number of allylic oxidation sites excluding steroid dienone is 1. The van der Waals surface area contributed by atoms with E-state index in [9.17, 15) is 4.79 Å². The first-order chi connectivity index (χ1) is 11.2. The van der Waals surface area contributed by atoms with Crippen LogP contribution in [0.15, 0.2) is 46.9 Å². The summed E-state index contributed by atoms with van der Waals surface area (Å²) >= 11 is 3.36. The van der Waals surface area contributed by atoms with Crippen molar-refractivity contribution in [1.29, 1.82) is 0 Å². The second-order valence-electron chi connectivity index (χ2n) is 4.96. The van der Waals surface area contributed by atoms with Gasteiger partial charge in [-0.25, -0.2) is 0 Å². The molecule has 0 radical (unpaired) electrons. The van der Waals surface area contributed by atoms with E-state index in [1.807, 2.05) is 24.3 Å². The minimum atomic E-state index is -0.0693. The molecule has 1 aliphatic heterocycles. The van der Waals surface area contributed by atoms with Crippen LogP contribution in [0.25, 0.3) is 6.08 Å². The highest BCUT2D eigenvalue weighted by atomic mass is 79.9. The third kappa shape index (κ3) is 3.56. The van der Waals surface area contributed by atoms with E-state index in [1.165, 1.54) is 6.08 Å². The van der Waals surface area contributed by atoms with E-state index in [1.54, 1.807) is 25.3 Å². The molecule has 2 aromatic carbocycles. The van der Waals surface area contributed by atoms with Crippen molar-refractivity contribution < 1.29 is 19.0 Å². The molecule has 0 saturated heterocycles. The molecule has 0 spiro atoms. The first kappa shape index (κ1) is 15.6. The van der Waals surface area contributed by atoms with E-state index in [0.717, 1.165) is 10.0 Å². The van der Waals surface area contributed by atoms with Crippen molar-refractivity contribution >= 4 is 27.8 Å². The predicted molar refractivity (Wildman–Crippen MR) is 91.5 cm³/mol. The van der Waals surface area contributed by atoms with Crippen LogP contribution >= 0.6 is 15.9 Å². The average Bonchev–Trinajstić information content (AvgIpc) is 2.58. The van der Waals surface area contributed by atoms with E-state index in [4.69, 9.17) is 14.2 Å². The van der Waals surface area contributed by atoms with Crippen LogP contribution in [0.2, 0.25) is 0 Å². The molecule has 0 aliphatic carbocycles. The van der Waals surface area contributed by atoms with Gasteiger partial charge in [-0.05, 0) is 35.9 Å². The summed E-state index contributed by atoms with van der Waals surface area (Å²) in [5.41, 5.74) is 1.44. The zero-order valence-corrected chi connectivity index (χ0v) is 14.1. The third-order valence-electron chi connectivity index (χ3n) is 3.39. The Morgan fingerprint density at radius 2 is 2.04 bits per heavy atom. The van der Waals surface area contributed by atoms with Gasteiger partial charge in [0.2, 0.25) is 5.75 Å². The molecule has 0 saturated carbocycles. The van der Waals surface area contributed by atoms with Crippen LogP contribution in [0.3, 0.4) is 0 Å². The summed E-state index contributed by atoms with van der Waals surface area (Å²) in [4.78, 5) is 12.2. The van der Waals surface area contributed by atoms with Gasteiger partial charge in [-0.15, -0.1) is 0 Å². The minimum absolute atomic E-state index is 0.0693. The minimum Gasteiger partial charge on any atom is -0.493 e. The molecular formula is C18H15BrO4. The fourth-order valence-electron chi connectivity index (χ4n) is 2.30. The number of carbonyl (C=O) groups is 1. The Morgan fingerprint density at radius 3 is 2.83 bits per heavy atom. The van der Waals surface area contributed by atoms with Crippen LogP contribution in [0.4, 0.5) is 0 Å². The van der Waals surface area contributed by atoms with E-state index in [-0.39, 0.29) is 5.78 Å². The van der Waals surface area contributed by atoms with Crippen molar-refractivity contribution in [1.82, 2.24) is 0 Å². The fraction of sp³-hybridized carbons (Fsp3) is 0.167. The molecule has 0 atom stereocenters. The number of methoxy groups -OCH3 is 1. The fourth-order valence-corrected chi connectivity index (χ4v) is 2.70. The van der Waals surface area contributed by atoms with E-state index >= 15 is 0 Å². The Kier molecular flexibility index (Phi) is 4.67. The number of halogens is 1. The SMILES string of the molecule is COc1cc(/C=C/C(=O)c2cccc(Br)c2)cc2c1OCCO2. The smallest absolute Gasteiger partial charge is 0.203 e. The van der Waals surface area contributed by atoms with E-state index < -0.39 is 0 Å². The topological polar surface area (TPSA) is 44.8 Å². The molecule has 0 bridgehead atoms. The summed E-state index contributed by atoms with van der Waals surface area (Å²) in [7, 11) is 1.58. The van der Waals surface area contributed by atoms with Gasteiger partial charge < -0.3 is 14.2 Å². The summed E-state index contributed by atoms with van der Waals surface area (Å²) in [6.07, 6.45) is 3.27. The van der Waals surface area contributed by atoms with Crippen molar-refractivity contribution in [3.05, 3.63) is 58.1 Å². The molecule has 3 rings (SSSR count). The predicted octanol–water partition coefficient (Wildman–Crippen LogP) is 4.13. The normalized spacial score (nSPS) is 13.1. The number of ether oxygens (including phenoxy) is 3. The summed E-state index contributed by atoms with van der Waals surface area (Å²) in [5.74, 6) is 1.76. The molecule has 0 aromatic heterocycles. The van der Waals surface area contributed by atoms with Gasteiger partial charge in [0.05, 0.1) is 7.11 Å². The second kappa shape index (κ2) is 6.87. The van der Waals surface area contributed by atoms with Crippen molar-refractivity contribution in [2.24, 2.45) is 0 Å². The Labute approximate surface area is 142 Å². The zero-order valence-electron chi connectivity index (χ0n) is 12.5. The van der Waals surface area contributed by atoms with Crippen molar-refractivity contribution in [2.75, 3.05) is 20.3 Å². The molecule has 118 valence electrons. The molecule has 1 heterocycles. The van der Waals surface area contributed by atoms with Gasteiger partial charge in [-0.3, -0.25) is 4.79 Å². The molecule has 0 unspecified atom stereocenters. The molecule has 0 fully saturated rings. The van der Waals surface area contributed by atoms with Gasteiger partial charge in [-0.1, -0.05) is 34.1 Å². The highest BCUT2D eigenvalue weighted by Crippen LogP contribution is 2.40. The first-order valence-electron chi connectivity index (χ1n) is 7.13. The summed E-state index contributed by atoms with van der Waals surface area (Å²) in [5, 5.41) is 0. The molecule has 0 amide bonds. The van der Waals surface area contributed by atoms with Gasteiger partial charge in [0.15, 0.2) is 17.3 Å². The van der Waals surface area contributed by atoms with Crippen LogP contribution in [-0.2, 0) is 0 Å². The highest BCUT2D eigenvalue weighted by molar-refractivity contribution is 9.10. The standard InChI is InChI=1S/C18H15BrO4/c1-21-16-9-12(10-17-18(16)23-8-7-22-17)5-6-15(20)13-3-2-4-14(19)11-13/h2-6,9-11H,7-8H2,1H3/b6-5+. The lowest BCUT2D eigenvalue weighted by Crippen LogP contribution is -2.16. The van der Waals surface area contributed by atoms with E-state index in [2.05, 4.69) is 15.9 Å². The van der Waals surface area contributed by atoms with Crippen molar-refractivity contribution in [3.8, 4) is 17.2 Å². The largest absolute Gasteiger partial charge is 0.493 e. The number of fused-ring (bicyclic) bond motifs is 1. The van der Waals surface area contributed by atoms with Gasteiger partial charge in [0.25, 0.3) is 0 Å². The van der Waals surface area contributed by atoms with Crippen LogP contribution in [-0.4, -0.2) is 26.1 Å². The van der Waals surface area contributed by atoms with E-state index in [0.29, 0.717) is 36.0 Å². The third-order valence-corrected chi connectivity index (χ3v) is 3.88. The van der Waals surface area contributed by atoms with Gasteiger partial charge >= 0.3 is 0 Å². The maximum absolute atomic E-state index is 12.2. The molecule has 5 heteroatoms. The Bertz CT molecular complexity index is 750. The Balaban J connectivity index is 1.86. The lowest BCUT2D eigenvalue weighted by molar-refractivity contribution is 0.104. The number of rotatable bonds is 4. The maximum Gasteiger partial charge on any atom is 0.203 e. The first-order valence-corrected chi connectivity index (χ1v) is 7.92. The lowest BCUT2D eigenvalue weighted by Gasteiger charge is -2.20. The van der Waals surface area contributed by atoms with Gasteiger partial charge in [0, 0.05) is 10.0 Å². The van der Waals surface area contributed by atoms with Crippen LogP contribution in [0.5, 0.6) is 17.2 Å². The van der Waals surface area contributed by atoms with Gasteiger partial charge in [-0.2, -0.15) is 0 Å². The molecule has 4 nitrogen and oxygen atoms in total. The molecule has 0 N–H and O–H groups in total. The van der Waals surface area contributed by atoms with Crippen LogP contribution in [0, 0.1) is 0 Å². The monoisotopic (exact) mass is 374 g/mol. The quantitative estimate of drug-likeness (QED) is 0.596. The van der Waals surface area contributed by atoms with Crippen LogP contribution in [0.1, 0.15) is 15.9 Å². The Hall–Kier alpha value is -2.27. The summed E-state index contributed by atoms with van der Waals surface area (Å²) < 4.78 is 17.3.